The summed E-state index contributed by atoms with van der Waals surface area (Å²) in [5.74, 6) is 2.59. The zero-order valence-corrected chi connectivity index (χ0v) is 7.72. The van der Waals surface area contributed by atoms with E-state index in [2.05, 4.69) is 0 Å². The molecule has 0 aromatic carbocycles. The lowest BCUT2D eigenvalue weighted by Crippen LogP contribution is -2.55. The Labute approximate surface area is 76.1 Å². The summed E-state index contributed by atoms with van der Waals surface area (Å²) in [5.41, 5.74) is 0. The first-order valence-corrected chi connectivity index (χ1v) is 5.47. The fourth-order valence-electron chi connectivity index (χ4n) is 1.62. The lowest BCUT2D eigenvalue weighted by atomic mass is 10.0. The van der Waals surface area contributed by atoms with Gasteiger partial charge in [0.05, 0.1) is 6.10 Å². The van der Waals surface area contributed by atoms with E-state index in [0.717, 1.165) is 17.9 Å². The summed E-state index contributed by atoms with van der Waals surface area (Å²) in [6.45, 7) is 1.11. The van der Waals surface area contributed by atoms with Gasteiger partial charge in [0.1, 0.15) is 0 Å². The van der Waals surface area contributed by atoms with E-state index in [0.29, 0.717) is 13.1 Å². The van der Waals surface area contributed by atoms with E-state index in [-0.39, 0.29) is 17.9 Å². The number of rotatable bonds is 1. The Balaban J connectivity index is 1.83. The maximum Gasteiger partial charge on any atom is 0.226 e. The third-order valence-electron chi connectivity index (χ3n) is 2.45. The molecule has 0 aliphatic carbocycles. The molecule has 0 radical (unpaired) electrons. The number of thioether (sulfide) groups is 1. The number of carbonyl (C=O) groups excluding carboxylic acids is 1. The molecule has 2 saturated heterocycles. The van der Waals surface area contributed by atoms with Crippen molar-refractivity contribution in [2.75, 3.05) is 24.6 Å². The predicted molar refractivity (Wildman–Crippen MR) is 48.0 cm³/mol. The van der Waals surface area contributed by atoms with Gasteiger partial charge < -0.3 is 10.0 Å². The maximum atomic E-state index is 11.6. The van der Waals surface area contributed by atoms with Crippen molar-refractivity contribution < 1.29 is 9.90 Å². The van der Waals surface area contributed by atoms with E-state index in [9.17, 15) is 4.79 Å². The van der Waals surface area contributed by atoms with Crippen molar-refractivity contribution in [3.8, 4) is 0 Å². The van der Waals surface area contributed by atoms with Gasteiger partial charge >= 0.3 is 0 Å². The van der Waals surface area contributed by atoms with Gasteiger partial charge in [-0.1, -0.05) is 0 Å². The number of carbonyl (C=O) groups is 1. The molecule has 4 heteroatoms. The molecule has 3 nitrogen and oxygen atoms in total. The van der Waals surface area contributed by atoms with E-state index in [1.807, 2.05) is 11.8 Å². The highest BCUT2D eigenvalue weighted by molar-refractivity contribution is 7.99. The lowest BCUT2D eigenvalue weighted by Gasteiger charge is -2.37. The van der Waals surface area contributed by atoms with Gasteiger partial charge in [-0.25, -0.2) is 0 Å². The van der Waals surface area contributed by atoms with Gasteiger partial charge in [0.2, 0.25) is 5.91 Å². The molecule has 1 amide bonds. The Bertz CT molecular complexity index is 185. The fraction of sp³-hybridized carbons (Fsp3) is 0.875. The van der Waals surface area contributed by atoms with Crippen LogP contribution in [-0.4, -0.2) is 46.6 Å². The van der Waals surface area contributed by atoms with E-state index in [1.54, 1.807) is 4.90 Å². The number of hydrogen-bond acceptors (Lipinski definition) is 3. The standard InChI is InChI=1S/C8H13NO2S/c10-7-3-9(4-7)8(11)6-1-2-12-5-6/h6-7,10H,1-5H2. The summed E-state index contributed by atoms with van der Waals surface area (Å²) in [5, 5.41) is 9.01. The molecule has 2 fully saturated rings. The molecule has 1 unspecified atom stereocenters. The summed E-state index contributed by atoms with van der Waals surface area (Å²) >= 11 is 1.85. The summed E-state index contributed by atoms with van der Waals surface area (Å²) in [6.07, 6.45) is 0.763. The lowest BCUT2D eigenvalue weighted by molar-refractivity contribution is -0.144. The van der Waals surface area contributed by atoms with Crippen LogP contribution in [0.1, 0.15) is 6.42 Å². The first-order valence-electron chi connectivity index (χ1n) is 4.32. The van der Waals surface area contributed by atoms with Crippen molar-refractivity contribution in [3.05, 3.63) is 0 Å². The van der Waals surface area contributed by atoms with Crippen LogP contribution < -0.4 is 0 Å². The van der Waals surface area contributed by atoms with E-state index >= 15 is 0 Å². The van der Waals surface area contributed by atoms with Crippen molar-refractivity contribution in [2.45, 2.75) is 12.5 Å². The van der Waals surface area contributed by atoms with Crippen molar-refractivity contribution in [1.82, 2.24) is 4.90 Å². The molecule has 1 N–H and O–H groups in total. The molecule has 2 heterocycles. The predicted octanol–water partition coefficient (Wildman–Crippen LogP) is -0.0574. The number of likely N-dealkylation sites (tertiary alicyclic amines) is 1. The van der Waals surface area contributed by atoms with Crippen LogP contribution in [0.2, 0.25) is 0 Å². The second kappa shape index (κ2) is 3.26. The Hall–Kier alpha value is -0.220. The number of β-amino-alcohol motifs (C(OH)–C–C–N with tert-alkyl or cyclic N) is 1. The van der Waals surface area contributed by atoms with Crippen LogP contribution in [0.4, 0.5) is 0 Å². The minimum absolute atomic E-state index is 0.238. The molecule has 2 aliphatic heterocycles. The van der Waals surface area contributed by atoms with Crippen LogP contribution in [0.15, 0.2) is 0 Å². The van der Waals surface area contributed by atoms with Crippen LogP contribution in [-0.2, 0) is 4.79 Å². The molecular formula is C8H13NO2S. The zero-order chi connectivity index (χ0) is 8.55. The summed E-state index contributed by atoms with van der Waals surface area (Å²) < 4.78 is 0. The topological polar surface area (TPSA) is 40.5 Å². The molecule has 0 bridgehead atoms. The van der Waals surface area contributed by atoms with Gasteiger partial charge in [0.15, 0.2) is 0 Å². The fourth-order valence-corrected chi connectivity index (χ4v) is 2.83. The van der Waals surface area contributed by atoms with Gasteiger partial charge in [0.25, 0.3) is 0 Å². The van der Waals surface area contributed by atoms with E-state index in [4.69, 9.17) is 5.11 Å². The Morgan fingerprint density at radius 2 is 2.25 bits per heavy atom. The van der Waals surface area contributed by atoms with Crippen LogP contribution >= 0.6 is 11.8 Å². The highest BCUT2D eigenvalue weighted by Crippen LogP contribution is 2.26. The molecule has 0 saturated carbocycles. The van der Waals surface area contributed by atoms with Gasteiger partial charge in [-0.3, -0.25) is 4.79 Å². The first-order chi connectivity index (χ1) is 5.77. The average molecular weight is 187 g/mol. The Morgan fingerprint density at radius 1 is 1.50 bits per heavy atom. The Morgan fingerprint density at radius 3 is 2.75 bits per heavy atom. The van der Waals surface area contributed by atoms with Crippen LogP contribution in [0.5, 0.6) is 0 Å². The molecule has 0 spiro atoms. The van der Waals surface area contributed by atoms with Gasteiger partial charge in [-0.05, 0) is 12.2 Å². The van der Waals surface area contributed by atoms with E-state index in [1.165, 1.54) is 0 Å². The van der Waals surface area contributed by atoms with E-state index < -0.39 is 0 Å². The Kier molecular flexibility index (Phi) is 2.28. The van der Waals surface area contributed by atoms with Gasteiger partial charge in [0, 0.05) is 24.8 Å². The van der Waals surface area contributed by atoms with Crippen molar-refractivity contribution >= 4 is 17.7 Å². The van der Waals surface area contributed by atoms with Crippen LogP contribution in [0.25, 0.3) is 0 Å². The molecule has 1 atom stereocenters. The number of aliphatic hydroxyl groups is 1. The van der Waals surface area contributed by atoms with Crippen molar-refractivity contribution in [1.29, 1.82) is 0 Å². The summed E-state index contributed by atoms with van der Waals surface area (Å²) in [6, 6.07) is 0. The molecule has 0 aromatic heterocycles. The zero-order valence-electron chi connectivity index (χ0n) is 6.90. The molecule has 12 heavy (non-hydrogen) atoms. The van der Waals surface area contributed by atoms with Crippen LogP contribution in [0.3, 0.4) is 0 Å². The van der Waals surface area contributed by atoms with Crippen molar-refractivity contribution in [3.63, 3.8) is 0 Å². The number of aliphatic hydroxyl groups excluding tert-OH is 1. The second-order valence-electron chi connectivity index (χ2n) is 3.46. The molecule has 0 aromatic rings. The quantitative estimate of drug-likeness (QED) is 0.625. The highest BCUT2D eigenvalue weighted by atomic mass is 32.2. The average Bonchev–Trinajstić information content (AvgIpc) is 2.49. The van der Waals surface area contributed by atoms with Gasteiger partial charge in [-0.15, -0.1) is 0 Å². The molecule has 2 rings (SSSR count). The highest BCUT2D eigenvalue weighted by Gasteiger charge is 2.34. The molecule has 68 valence electrons. The first kappa shape index (κ1) is 8.38. The number of hydrogen-bond donors (Lipinski definition) is 1. The molecular weight excluding hydrogens is 174 g/mol. The summed E-state index contributed by atoms with van der Waals surface area (Å²) in [7, 11) is 0. The van der Waals surface area contributed by atoms with Gasteiger partial charge in [-0.2, -0.15) is 11.8 Å². The largest absolute Gasteiger partial charge is 0.389 e. The minimum Gasteiger partial charge on any atom is -0.389 e. The normalized spacial score (nSPS) is 30.4. The molecule has 2 aliphatic rings. The smallest absolute Gasteiger partial charge is 0.226 e. The SMILES string of the molecule is O=C(C1CCSC1)N1CC(O)C1. The number of nitrogens with zero attached hydrogens (tertiary/aromatic N) is 1. The van der Waals surface area contributed by atoms with Crippen LogP contribution in [0, 0.1) is 5.92 Å². The van der Waals surface area contributed by atoms with Crippen molar-refractivity contribution in [2.24, 2.45) is 5.92 Å². The minimum atomic E-state index is -0.261. The second-order valence-corrected chi connectivity index (χ2v) is 4.61. The third-order valence-corrected chi connectivity index (χ3v) is 3.62. The monoisotopic (exact) mass is 187 g/mol. The maximum absolute atomic E-state index is 11.6. The summed E-state index contributed by atoms with van der Waals surface area (Å²) in [4.78, 5) is 13.3. The third kappa shape index (κ3) is 1.45. The number of amides is 1.